The smallest absolute Gasteiger partial charge is 0.117 e. The quantitative estimate of drug-likeness (QED) is 0.857. The Hall–Kier alpha value is -0.800. The van der Waals surface area contributed by atoms with Crippen LogP contribution in [0.5, 0.6) is 0 Å². The Morgan fingerprint density at radius 2 is 2.16 bits per heavy atom. The van der Waals surface area contributed by atoms with Crippen molar-refractivity contribution in [2.45, 2.75) is 52.1 Å². The molecule has 3 atom stereocenters. The molecule has 0 bridgehead atoms. The Balaban J connectivity index is 1.96. The van der Waals surface area contributed by atoms with E-state index in [-0.39, 0.29) is 0 Å². The Bertz CT molecular complexity index is 350. The average molecular weight is 264 g/mol. The van der Waals surface area contributed by atoms with Gasteiger partial charge in [-0.15, -0.1) is 0 Å². The van der Waals surface area contributed by atoms with Crippen LogP contribution < -0.4 is 5.73 Å². The second-order valence-corrected chi connectivity index (χ2v) is 6.11. The third-order valence-electron chi connectivity index (χ3n) is 4.68. The van der Waals surface area contributed by atoms with Crippen LogP contribution in [0.4, 0.5) is 0 Å². The molecule has 108 valence electrons. The molecule has 0 spiro atoms. The van der Waals surface area contributed by atoms with E-state index in [0.29, 0.717) is 6.04 Å². The third-order valence-corrected chi connectivity index (χ3v) is 4.68. The summed E-state index contributed by atoms with van der Waals surface area (Å²) in [6, 6.07) is 4.75. The summed E-state index contributed by atoms with van der Waals surface area (Å²) in [5, 5.41) is 0. The number of hydrogen-bond donors (Lipinski definition) is 1. The van der Waals surface area contributed by atoms with E-state index in [9.17, 15) is 0 Å². The minimum atomic E-state index is 0.697. The molecule has 1 heterocycles. The predicted molar refractivity (Wildman–Crippen MR) is 78.8 cm³/mol. The summed E-state index contributed by atoms with van der Waals surface area (Å²) < 4.78 is 5.51. The van der Waals surface area contributed by atoms with Gasteiger partial charge in [0.15, 0.2) is 0 Å². The highest BCUT2D eigenvalue weighted by atomic mass is 16.3. The number of nitrogens with zero attached hydrogens (tertiary/aromatic N) is 1. The first-order valence-corrected chi connectivity index (χ1v) is 7.67. The largest absolute Gasteiger partial charge is 0.468 e. The van der Waals surface area contributed by atoms with Crippen molar-refractivity contribution in [3.8, 4) is 0 Å². The minimum Gasteiger partial charge on any atom is -0.468 e. The summed E-state index contributed by atoms with van der Waals surface area (Å²) in [5.41, 5.74) is 5.68. The topological polar surface area (TPSA) is 42.4 Å². The van der Waals surface area contributed by atoms with Gasteiger partial charge in [-0.1, -0.05) is 13.8 Å². The molecule has 0 amide bonds. The molecule has 0 aromatic carbocycles. The zero-order valence-corrected chi connectivity index (χ0v) is 12.3. The van der Waals surface area contributed by atoms with E-state index < -0.39 is 0 Å². The molecule has 0 saturated heterocycles. The van der Waals surface area contributed by atoms with E-state index in [2.05, 4.69) is 24.8 Å². The van der Waals surface area contributed by atoms with Gasteiger partial charge >= 0.3 is 0 Å². The monoisotopic (exact) mass is 264 g/mol. The van der Waals surface area contributed by atoms with Gasteiger partial charge in [-0.3, -0.25) is 4.90 Å². The van der Waals surface area contributed by atoms with Crippen LogP contribution >= 0.6 is 0 Å². The molecule has 1 aliphatic rings. The van der Waals surface area contributed by atoms with Crippen LogP contribution in [0.15, 0.2) is 22.8 Å². The second-order valence-electron chi connectivity index (χ2n) is 6.11. The molecule has 1 aromatic heterocycles. The van der Waals surface area contributed by atoms with Crippen molar-refractivity contribution in [3.05, 3.63) is 24.2 Å². The Kier molecular flexibility index (Phi) is 5.46. The van der Waals surface area contributed by atoms with Crippen molar-refractivity contribution >= 4 is 0 Å². The van der Waals surface area contributed by atoms with Crippen molar-refractivity contribution in [2.75, 3.05) is 13.1 Å². The molecule has 0 aliphatic heterocycles. The lowest BCUT2D eigenvalue weighted by atomic mass is 9.78. The van der Waals surface area contributed by atoms with Crippen LogP contribution in [0.2, 0.25) is 0 Å². The van der Waals surface area contributed by atoms with Crippen LogP contribution in [-0.4, -0.2) is 24.0 Å². The van der Waals surface area contributed by atoms with Gasteiger partial charge in [0.2, 0.25) is 0 Å². The highest BCUT2D eigenvalue weighted by Gasteiger charge is 2.28. The molecule has 2 rings (SSSR count). The standard InChI is InChI=1S/C16H28N2O/c1-13-6-7-15(11-14(13)2)18(9-4-8-17)12-16-5-3-10-19-16/h3,5,10,13-15H,4,6-9,11-12,17H2,1-2H3/t13-,14-,15+/m1/s1. The van der Waals surface area contributed by atoms with Crippen molar-refractivity contribution in [1.82, 2.24) is 4.90 Å². The first kappa shape index (κ1) is 14.6. The summed E-state index contributed by atoms with van der Waals surface area (Å²) >= 11 is 0. The van der Waals surface area contributed by atoms with Crippen molar-refractivity contribution in [1.29, 1.82) is 0 Å². The molecule has 1 fully saturated rings. The Morgan fingerprint density at radius 3 is 2.79 bits per heavy atom. The first-order valence-electron chi connectivity index (χ1n) is 7.67. The van der Waals surface area contributed by atoms with Crippen molar-refractivity contribution in [2.24, 2.45) is 17.6 Å². The number of hydrogen-bond acceptors (Lipinski definition) is 3. The van der Waals surface area contributed by atoms with Gasteiger partial charge in [0.1, 0.15) is 5.76 Å². The molecule has 1 saturated carbocycles. The van der Waals surface area contributed by atoms with E-state index in [0.717, 1.165) is 43.7 Å². The Labute approximate surface area is 117 Å². The van der Waals surface area contributed by atoms with Gasteiger partial charge in [-0.25, -0.2) is 0 Å². The lowest BCUT2D eigenvalue weighted by Gasteiger charge is -2.39. The maximum absolute atomic E-state index is 5.68. The van der Waals surface area contributed by atoms with E-state index >= 15 is 0 Å². The van der Waals surface area contributed by atoms with E-state index in [4.69, 9.17) is 10.2 Å². The molecule has 19 heavy (non-hydrogen) atoms. The number of nitrogens with two attached hydrogens (primary N) is 1. The maximum Gasteiger partial charge on any atom is 0.117 e. The summed E-state index contributed by atoms with van der Waals surface area (Å²) in [6.45, 7) is 7.57. The van der Waals surface area contributed by atoms with E-state index in [1.165, 1.54) is 19.3 Å². The van der Waals surface area contributed by atoms with Crippen LogP contribution in [0.25, 0.3) is 0 Å². The Morgan fingerprint density at radius 1 is 1.32 bits per heavy atom. The second kappa shape index (κ2) is 7.11. The highest BCUT2D eigenvalue weighted by Crippen LogP contribution is 2.32. The van der Waals surface area contributed by atoms with Crippen LogP contribution in [0.3, 0.4) is 0 Å². The minimum absolute atomic E-state index is 0.697. The van der Waals surface area contributed by atoms with Crippen LogP contribution in [-0.2, 0) is 6.54 Å². The summed E-state index contributed by atoms with van der Waals surface area (Å²) in [4.78, 5) is 2.58. The van der Waals surface area contributed by atoms with E-state index in [1.807, 2.05) is 6.07 Å². The molecule has 1 aliphatic carbocycles. The van der Waals surface area contributed by atoms with E-state index in [1.54, 1.807) is 6.26 Å². The maximum atomic E-state index is 5.68. The van der Waals surface area contributed by atoms with Gasteiger partial charge in [0.05, 0.1) is 12.8 Å². The lowest BCUT2D eigenvalue weighted by Crippen LogP contribution is -2.40. The number of rotatable bonds is 6. The summed E-state index contributed by atoms with van der Waals surface area (Å²) in [7, 11) is 0. The van der Waals surface area contributed by atoms with Gasteiger partial charge in [-0.05, 0) is 56.2 Å². The molecular weight excluding hydrogens is 236 g/mol. The van der Waals surface area contributed by atoms with Crippen LogP contribution in [0, 0.1) is 11.8 Å². The SMILES string of the molecule is C[C@@H]1CC[C@H](N(CCCN)Cc2ccco2)C[C@H]1C. The van der Waals surface area contributed by atoms with Crippen LogP contribution in [0.1, 0.15) is 45.3 Å². The molecule has 0 radical (unpaired) electrons. The highest BCUT2D eigenvalue weighted by molar-refractivity contribution is 4.98. The fraction of sp³-hybridized carbons (Fsp3) is 0.750. The third kappa shape index (κ3) is 4.08. The number of furan rings is 1. The molecule has 1 aromatic rings. The molecule has 3 heteroatoms. The van der Waals surface area contributed by atoms with Crippen molar-refractivity contribution < 1.29 is 4.42 Å². The van der Waals surface area contributed by atoms with Gasteiger partial charge < -0.3 is 10.2 Å². The molecule has 2 N–H and O–H groups in total. The lowest BCUT2D eigenvalue weighted by molar-refractivity contribution is 0.0957. The van der Waals surface area contributed by atoms with Gasteiger partial charge in [0.25, 0.3) is 0 Å². The normalized spacial score (nSPS) is 27.9. The van der Waals surface area contributed by atoms with Gasteiger partial charge in [0, 0.05) is 12.6 Å². The summed E-state index contributed by atoms with van der Waals surface area (Å²) in [6.07, 6.45) is 6.81. The predicted octanol–water partition coefficient (Wildman–Crippen LogP) is 3.26. The molecular formula is C16H28N2O. The molecule has 0 unspecified atom stereocenters. The fourth-order valence-electron chi connectivity index (χ4n) is 3.14. The average Bonchev–Trinajstić information content (AvgIpc) is 2.91. The fourth-order valence-corrected chi connectivity index (χ4v) is 3.14. The first-order chi connectivity index (χ1) is 9.20. The summed E-state index contributed by atoms with van der Waals surface area (Å²) in [5.74, 6) is 2.77. The zero-order chi connectivity index (χ0) is 13.7. The van der Waals surface area contributed by atoms with Crippen molar-refractivity contribution in [3.63, 3.8) is 0 Å². The van der Waals surface area contributed by atoms with Gasteiger partial charge in [-0.2, -0.15) is 0 Å². The molecule has 3 nitrogen and oxygen atoms in total. The zero-order valence-electron chi connectivity index (χ0n) is 12.3.